The molecule has 0 aliphatic heterocycles. The summed E-state index contributed by atoms with van der Waals surface area (Å²) in [6.07, 6.45) is 3.40. The molecule has 0 aromatic heterocycles. The molecule has 0 unspecified atom stereocenters. The Morgan fingerprint density at radius 2 is 1.08 bits per heavy atom. The lowest BCUT2D eigenvalue weighted by Gasteiger charge is -2.11. The fraction of sp³-hybridized carbons (Fsp3) is 0.750. The highest BCUT2D eigenvalue weighted by Crippen LogP contribution is 2.11. The van der Waals surface area contributed by atoms with Crippen molar-refractivity contribution in [3.8, 4) is 0 Å². The molecule has 0 saturated heterocycles. The van der Waals surface area contributed by atoms with Gasteiger partial charge < -0.3 is 0 Å². The van der Waals surface area contributed by atoms with Crippen LogP contribution in [0.15, 0.2) is 10.2 Å². The molecule has 0 aromatic carbocycles. The Morgan fingerprint density at radius 3 is 1.25 bits per heavy atom. The van der Waals surface area contributed by atoms with Crippen LogP contribution in [0.4, 0.5) is 0 Å². The first kappa shape index (κ1) is 10.9. The normalized spacial score (nSPS) is 13.3. The van der Waals surface area contributed by atoms with Gasteiger partial charge in [0.2, 0.25) is 12.6 Å². The Hall–Kier alpha value is -1.06. The molecule has 66 valence electrons. The predicted molar refractivity (Wildman–Crippen MR) is 44.4 cm³/mol. The Labute approximate surface area is 72.1 Å². The van der Waals surface area contributed by atoms with Crippen LogP contribution in [0, 0.1) is 0 Å². The van der Waals surface area contributed by atoms with Crippen molar-refractivity contribution < 1.29 is 9.59 Å². The first-order valence-corrected chi connectivity index (χ1v) is 3.56. The molecule has 0 aromatic rings. The van der Waals surface area contributed by atoms with Gasteiger partial charge in [-0.2, -0.15) is 10.2 Å². The third kappa shape index (κ3) is 3.95. The summed E-state index contributed by atoms with van der Waals surface area (Å²) in [5, 5.41) is 7.31. The molecule has 0 rings (SSSR count). The Morgan fingerprint density at radius 1 is 0.833 bits per heavy atom. The quantitative estimate of drug-likeness (QED) is 0.592. The topological polar surface area (TPSA) is 58.9 Å². The average molecular weight is 168 g/mol. The van der Waals surface area contributed by atoms with Crippen LogP contribution in [-0.4, -0.2) is 23.7 Å². The zero-order valence-corrected chi connectivity index (χ0v) is 7.71. The van der Waals surface area contributed by atoms with E-state index in [1.807, 2.05) is 0 Å². The number of azo groups is 1. The Bertz CT molecular complexity index is 185. The number of hydrogen-bond donors (Lipinski definition) is 0. The first-order chi connectivity index (χ1) is 5.33. The predicted octanol–water partition coefficient (Wildman–Crippen LogP) is 1.22. The first-order valence-electron chi connectivity index (χ1n) is 3.56. The van der Waals surface area contributed by atoms with E-state index >= 15 is 0 Å². The van der Waals surface area contributed by atoms with Crippen LogP contribution >= 0.6 is 0 Å². The van der Waals surface area contributed by atoms with E-state index in [2.05, 4.69) is 10.2 Å². The zero-order valence-electron chi connectivity index (χ0n) is 7.71. The van der Waals surface area contributed by atoms with Gasteiger partial charge in [0, 0.05) is 0 Å². The highest BCUT2D eigenvalue weighted by atomic mass is 16.1. The van der Waals surface area contributed by atoms with E-state index < -0.39 is 11.1 Å². The third-order valence-electron chi connectivity index (χ3n) is 1.05. The Kier molecular flexibility index (Phi) is 3.24. The van der Waals surface area contributed by atoms with Crippen molar-refractivity contribution >= 4 is 12.6 Å². The summed E-state index contributed by atoms with van der Waals surface area (Å²) in [5.41, 5.74) is -1.96. The van der Waals surface area contributed by atoms with Gasteiger partial charge in [-0.25, -0.2) is 0 Å². The van der Waals surface area contributed by atoms with E-state index in [4.69, 9.17) is 0 Å². The van der Waals surface area contributed by atoms with Crippen LogP contribution in [0.1, 0.15) is 27.7 Å². The molecule has 0 spiro atoms. The lowest BCUT2D eigenvalue weighted by atomic mass is 10.1. The van der Waals surface area contributed by atoms with Crippen molar-refractivity contribution in [3.63, 3.8) is 0 Å². The summed E-state index contributed by atoms with van der Waals surface area (Å²) < 4.78 is 0. The summed E-state index contributed by atoms with van der Waals surface area (Å²) in [6.45, 7) is 6.24. The maximum Gasteiger partial charge on any atom is 0.229 e. The van der Waals surface area contributed by atoms with Gasteiger partial charge in [-0.15, -0.1) is 0 Å². The molecular weight excluding hydrogens is 156 g/mol. The van der Waals surface area contributed by atoms with Crippen molar-refractivity contribution in [3.05, 3.63) is 0 Å². The molecule has 0 aliphatic carbocycles. The van der Waals surface area contributed by atoms with E-state index in [0.717, 1.165) is 0 Å². The molecule has 0 heterocycles. The van der Waals surface area contributed by atoms with Crippen molar-refractivity contribution in [2.75, 3.05) is 0 Å². The molecule has 0 aliphatic rings. The average Bonchev–Trinajstić information content (AvgIpc) is 2.02. The van der Waals surface area contributed by atoms with Crippen LogP contribution in [0.5, 0.6) is 0 Å². The number of carbonyl (C=O) groups excluding carboxylic acids is 2. The van der Waals surface area contributed by atoms with Crippen LogP contribution in [0.2, 0.25) is 0 Å². The van der Waals surface area contributed by atoms with Crippen LogP contribution < -0.4 is 0 Å². The second-order valence-corrected chi connectivity index (χ2v) is 3.52. The van der Waals surface area contributed by atoms with Crippen LogP contribution in [0.3, 0.4) is 0 Å². The van der Waals surface area contributed by atoms with E-state index in [1.165, 1.54) is 0 Å². The summed E-state index contributed by atoms with van der Waals surface area (Å²) in [4.78, 5) is 20.5. The second kappa shape index (κ2) is 3.56. The van der Waals surface area contributed by atoms with E-state index in [0.29, 0.717) is 0 Å². The number of rotatable bonds is 4. The maximum atomic E-state index is 10.3. The van der Waals surface area contributed by atoms with E-state index in [-0.39, 0.29) is 0 Å². The molecule has 0 bridgehead atoms. The lowest BCUT2D eigenvalue weighted by Crippen LogP contribution is -2.22. The molecule has 12 heavy (non-hydrogen) atoms. The standard InChI is InChI=1S/C8H12N2O2/c1-7(2,5-11)9-10-8(3,4)6-12/h1-4H3/b10-9+. The van der Waals surface area contributed by atoms with E-state index in [1.54, 1.807) is 40.3 Å². The third-order valence-corrected chi connectivity index (χ3v) is 1.05. The smallest absolute Gasteiger partial charge is 0.229 e. The van der Waals surface area contributed by atoms with Crippen LogP contribution in [-0.2, 0) is 9.59 Å². The number of hydrogen-bond acceptors (Lipinski definition) is 4. The highest BCUT2D eigenvalue weighted by Gasteiger charge is 2.21. The SMILES string of the molecule is CC(C)([C]=O)/N=N/C(C)(C)[C]=O. The zero-order chi connectivity index (χ0) is 9.83. The van der Waals surface area contributed by atoms with Gasteiger partial charge in [0.25, 0.3) is 0 Å². The van der Waals surface area contributed by atoms with Crippen molar-refractivity contribution in [2.24, 2.45) is 10.2 Å². The van der Waals surface area contributed by atoms with Gasteiger partial charge in [0.05, 0.1) is 0 Å². The summed E-state index contributed by atoms with van der Waals surface area (Å²) in [5.74, 6) is 0. The lowest BCUT2D eigenvalue weighted by molar-refractivity contribution is 0.477. The van der Waals surface area contributed by atoms with Crippen molar-refractivity contribution in [2.45, 2.75) is 38.8 Å². The molecule has 4 heteroatoms. The minimum atomic E-state index is -0.978. The molecular formula is C8H12N2O2. The molecule has 0 saturated carbocycles. The molecule has 2 radical (unpaired) electrons. The van der Waals surface area contributed by atoms with Gasteiger partial charge in [-0.05, 0) is 27.7 Å². The molecule has 0 N–H and O–H groups in total. The largest absolute Gasteiger partial charge is 0.288 e. The van der Waals surface area contributed by atoms with Gasteiger partial charge >= 0.3 is 0 Å². The molecule has 0 atom stereocenters. The number of nitrogens with zero attached hydrogens (tertiary/aromatic N) is 2. The van der Waals surface area contributed by atoms with E-state index in [9.17, 15) is 9.59 Å². The minimum Gasteiger partial charge on any atom is -0.288 e. The highest BCUT2D eigenvalue weighted by molar-refractivity contribution is 5.65. The summed E-state index contributed by atoms with van der Waals surface area (Å²) in [7, 11) is 0. The van der Waals surface area contributed by atoms with Gasteiger partial charge in [0.15, 0.2) is 0 Å². The Balaban J connectivity index is 4.43. The van der Waals surface area contributed by atoms with Crippen molar-refractivity contribution in [1.29, 1.82) is 0 Å². The second-order valence-electron chi connectivity index (χ2n) is 3.52. The summed E-state index contributed by atoms with van der Waals surface area (Å²) in [6, 6.07) is 0. The monoisotopic (exact) mass is 168 g/mol. The fourth-order valence-electron chi connectivity index (χ4n) is 0.291. The maximum absolute atomic E-state index is 10.3. The summed E-state index contributed by atoms with van der Waals surface area (Å²) >= 11 is 0. The van der Waals surface area contributed by atoms with Gasteiger partial charge in [0.1, 0.15) is 11.1 Å². The molecule has 0 amide bonds. The molecule has 0 fully saturated rings. The van der Waals surface area contributed by atoms with Crippen molar-refractivity contribution in [1.82, 2.24) is 0 Å². The van der Waals surface area contributed by atoms with Crippen LogP contribution in [0.25, 0.3) is 0 Å². The minimum absolute atomic E-state index is 0.978. The van der Waals surface area contributed by atoms with Gasteiger partial charge in [-0.3, -0.25) is 9.59 Å². The van der Waals surface area contributed by atoms with Gasteiger partial charge in [-0.1, -0.05) is 0 Å². The molecule has 4 nitrogen and oxygen atoms in total. The fourth-order valence-corrected chi connectivity index (χ4v) is 0.291.